The molecule has 1 aromatic heterocycles. The van der Waals surface area contributed by atoms with E-state index in [0.29, 0.717) is 5.69 Å². The van der Waals surface area contributed by atoms with Crippen molar-refractivity contribution in [1.29, 1.82) is 0 Å². The molecule has 1 N–H and O–H groups in total. The summed E-state index contributed by atoms with van der Waals surface area (Å²) < 4.78 is 54.7. The smallest absolute Gasteiger partial charge is 0.271 e. The summed E-state index contributed by atoms with van der Waals surface area (Å²) in [4.78, 5) is 0.178. The lowest BCUT2D eigenvalue weighted by molar-refractivity contribution is 0.204. The molecule has 142 valence electrons. The molecule has 1 aliphatic heterocycles. The van der Waals surface area contributed by atoms with E-state index >= 15 is 0 Å². The second-order valence-corrected chi connectivity index (χ2v) is 11.2. The largest absolute Gasteiger partial charge is 0.279 e. The van der Waals surface area contributed by atoms with E-state index in [1.807, 2.05) is 13.8 Å². The van der Waals surface area contributed by atoms with E-state index in [1.54, 1.807) is 15.8 Å². The van der Waals surface area contributed by atoms with Crippen LogP contribution in [-0.4, -0.2) is 33.2 Å². The number of hydrogen-bond acceptors (Lipinski definition) is 5. The zero-order valence-corrected chi connectivity index (χ0v) is 17.1. The van der Waals surface area contributed by atoms with Crippen LogP contribution in [-0.2, 0) is 20.0 Å². The zero-order valence-electron chi connectivity index (χ0n) is 14.6. The first-order valence-corrected chi connectivity index (χ1v) is 12.2. The number of nitrogens with zero attached hydrogens (tertiary/aromatic N) is 1. The van der Waals surface area contributed by atoms with Crippen LogP contribution in [0.5, 0.6) is 0 Å². The van der Waals surface area contributed by atoms with Crippen molar-refractivity contribution in [1.82, 2.24) is 4.31 Å². The highest BCUT2D eigenvalue weighted by Crippen LogP contribution is 2.30. The number of sulfonamides is 2. The van der Waals surface area contributed by atoms with E-state index in [-0.39, 0.29) is 21.2 Å². The molecule has 0 saturated carbocycles. The van der Waals surface area contributed by atoms with Crippen molar-refractivity contribution >= 4 is 37.1 Å². The van der Waals surface area contributed by atoms with E-state index in [9.17, 15) is 16.8 Å². The third-order valence-electron chi connectivity index (χ3n) is 4.55. The maximum atomic E-state index is 13.0. The predicted octanol–water partition coefficient (Wildman–Crippen LogP) is 3.50. The van der Waals surface area contributed by atoms with Gasteiger partial charge >= 0.3 is 0 Å². The molecule has 0 radical (unpaired) electrons. The maximum absolute atomic E-state index is 13.0. The van der Waals surface area contributed by atoms with Crippen LogP contribution in [0.3, 0.4) is 0 Å². The van der Waals surface area contributed by atoms with Gasteiger partial charge in [0.15, 0.2) is 0 Å². The fraction of sp³-hybridized carbons (Fsp3) is 0.412. The minimum absolute atomic E-state index is 0.0410. The Labute approximate surface area is 159 Å². The van der Waals surface area contributed by atoms with Gasteiger partial charge in [0.25, 0.3) is 10.0 Å². The molecule has 1 aromatic carbocycles. The summed E-state index contributed by atoms with van der Waals surface area (Å²) in [5.41, 5.74) is 0.331. The van der Waals surface area contributed by atoms with Gasteiger partial charge in [0.05, 0.1) is 4.90 Å². The van der Waals surface area contributed by atoms with E-state index in [0.717, 1.165) is 30.6 Å². The standard InChI is InChI=1S/C17H22N2O4S3/c1-13-5-3-6-14(2)19(13)26(22,23)16-10-8-15(9-11-16)18-25(20,21)17-7-4-12-24-17/h4,7-14,18H,3,5-6H2,1-2H3/t13-,14+. The number of benzene rings is 1. The minimum Gasteiger partial charge on any atom is -0.279 e. The molecular weight excluding hydrogens is 392 g/mol. The lowest BCUT2D eigenvalue weighted by atomic mass is 10.0. The molecule has 2 heterocycles. The molecule has 1 saturated heterocycles. The SMILES string of the molecule is C[C@@H]1CCC[C@H](C)N1S(=O)(=O)c1ccc(NS(=O)(=O)c2cccs2)cc1. The molecule has 0 spiro atoms. The number of hydrogen-bond donors (Lipinski definition) is 1. The molecule has 0 bridgehead atoms. The average molecular weight is 415 g/mol. The Morgan fingerprint density at radius 1 is 1.00 bits per heavy atom. The third-order valence-corrected chi connectivity index (χ3v) is 9.48. The normalized spacial score (nSPS) is 22.2. The molecule has 0 unspecified atom stereocenters. The quantitative estimate of drug-likeness (QED) is 0.812. The van der Waals surface area contributed by atoms with Gasteiger partial charge < -0.3 is 0 Å². The Morgan fingerprint density at radius 3 is 2.15 bits per heavy atom. The summed E-state index contributed by atoms with van der Waals surface area (Å²) in [5.74, 6) is 0. The van der Waals surface area contributed by atoms with Crippen molar-refractivity contribution in [3.05, 3.63) is 41.8 Å². The summed E-state index contributed by atoms with van der Waals surface area (Å²) in [5, 5.41) is 1.69. The third kappa shape index (κ3) is 3.80. The van der Waals surface area contributed by atoms with Gasteiger partial charge in [-0.3, -0.25) is 4.72 Å². The van der Waals surface area contributed by atoms with Crippen molar-refractivity contribution < 1.29 is 16.8 Å². The van der Waals surface area contributed by atoms with Crippen LogP contribution in [0.15, 0.2) is 50.9 Å². The highest BCUT2D eigenvalue weighted by Gasteiger charge is 2.35. The highest BCUT2D eigenvalue weighted by atomic mass is 32.2. The maximum Gasteiger partial charge on any atom is 0.271 e. The van der Waals surface area contributed by atoms with Crippen molar-refractivity contribution in [3.63, 3.8) is 0 Å². The molecular formula is C17H22N2O4S3. The fourth-order valence-electron chi connectivity index (χ4n) is 3.31. The van der Waals surface area contributed by atoms with Crippen LogP contribution < -0.4 is 4.72 Å². The van der Waals surface area contributed by atoms with Gasteiger partial charge in [-0.05, 0) is 62.4 Å². The van der Waals surface area contributed by atoms with Gasteiger partial charge in [0, 0.05) is 17.8 Å². The molecule has 6 nitrogen and oxygen atoms in total. The summed E-state index contributed by atoms with van der Waals surface area (Å²) >= 11 is 1.12. The second-order valence-electron chi connectivity index (χ2n) is 6.53. The topological polar surface area (TPSA) is 83.6 Å². The molecule has 2 atom stereocenters. The highest BCUT2D eigenvalue weighted by molar-refractivity contribution is 7.94. The molecule has 1 aliphatic rings. The number of anilines is 1. The summed E-state index contributed by atoms with van der Waals surface area (Å²) in [6.45, 7) is 3.85. The van der Waals surface area contributed by atoms with E-state index in [1.165, 1.54) is 30.3 Å². The van der Waals surface area contributed by atoms with Crippen LogP contribution in [0.4, 0.5) is 5.69 Å². The molecule has 0 amide bonds. The average Bonchev–Trinajstić information content (AvgIpc) is 3.10. The van der Waals surface area contributed by atoms with E-state index < -0.39 is 20.0 Å². The van der Waals surface area contributed by atoms with Crippen molar-refractivity contribution in [2.75, 3.05) is 4.72 Å². The fourth-order valence-corrected chi connectivity index (χ4v) is 7.24. The summed E-state index contributed by atoms with van der Waals surface area (Å²) in [7, 11) is -7.25. The Hall–Kier alpha value is -1.42. The number of piperidine rings is 1. The van der Waals surface area contributed by atoms with E-state index in [2.05, 4.69) is 4.72 Å². The van der Waals surface area contributed by atoms with Crippen LogP contribution in [0.25, 0.3) is 0 Å². The predicted molar refractivity (Wildman–Crippen MR) is 103 cm³/mol. The Bertz CT molecular complexity index is 942. The Morgan fingerprint density at radius 2 is 1.62 bits per heavy atom. The monoisotopic (exact) mass is 414 g/mol. The Kier molecular flexibility index (Phi) is 5.43. The molecule has 2 aromatic rings. The van der Waals surface area contributed by atoms with Crippen molar-refractivity contribution in [2.45, 2.75) is 54.3 Å². The number of rotatable bonds is 5. The van der Waals surface area contributed by atoms with Gasteiger partial charge in [-0.25, -0.2) is 16.8 Å². The number of thiophene rings is 1. The molecule has 3 rings (SSSR count). The lowest BCUT2D eigenvalue weighted by Crippen LogP contribution is -2.47. The van der Waals surface area contributed by atoms with Crippen LogP contribution in [0.2, 0.25) is 0 Å². The summed E-state index contributed by atoms with van der Waals surface area (Å²) in [6.07, 6.45) is 2.72. The van der Waals surface area contributed by atoms with Crippen LogP contribution in [0, 0.1) is 0 Å². The first kappa shape index (κ1) is 19.3. The van der Waals surface area contributed by atoms with Crippen LogP contribution in [0.1, 0.15) is 33.1 Å². The van der Waals surface area contributed by atoms with E-state index in [4.69, 9.17) is 0 Å². The molecule has 26 heavy (non-hydrogen) atoms. The summed E-state index contributed by atoms with van der Waals surface area (Å²) in [6, 6.07) is 8.97. The first-order chi connectivity index (χ1) is 12.2. The van der Waals surface area contributed by atoms with Gasteiger partial charge in [0.2, 0.25) is 10.0 Å². The minimum atomic E-state index is -3.65. The van der Waals surface area contributed by atoms with Gasteiger partial charge in [-0.15, -0.1) is 11.3 Å². The van der Waals surface area contributed by atoms with Crippen LogP contribution >= 0.6 is 11.3 Å². The first-order valence-electron chi connectivity index (χ1n) is 8.42. The zero-order chi connectivity index (χ0) is 18.9. The van der Waals surface area contributed by atoms with Crippen molar-refractivity contribution in [2.24, 2.45) is 0 Å². The molecule has 1 fully saturated rings. The Balaban J connectivity index is 1.83. The molecule has 0 aliphatic carbocycles. The van der Waals surface area contributed by atoms with Gasteiger partial charge in [0.1, 0.15) is 4.21 Å². The molecule has 9 heteroatoms. The number of nitrogens with one attached hydrogen (secondary N) is 1. The van der Waals surface area contributed by atoms with Crippen molar-refractivity contribution in [3.8, 4) is 0 Å². The van der Waals surface area contributed by atoms with Gasteiger partial charge in [-0.2, -0.15) is 4.31 Å². The second kappa shape index (κ2) is 7.30. The van der Waals surface area contributed by atoms with Gasteiger partial charge in [-0.1, -0.05) is 12.5 Å². The lowest BCUT2D eigenvalue weighted by Gasteiger charge is -2.37.